The lowest BCUT2D eigenvalue weighted by Gasteiger charge is -2.07. The second kappa shape index (κ2) is 5.96. The van der Waals surface area contributed by atoms with Crippen LogP contribution in [-0.4, -0.2) is 0 Å². The van der Waals surface area contributed by atoms with Crippen LogP contribution in [0, 0.1) is 18.6 Å². The van der Waals surface area contributed by atoms with Gasteiger partial charge in [0.05, 0.1) is 0 Å². The van der Waals surface area contributed by atoms with Gasteiger partial charge in [0.1, 0.15) is 0 Å². The van der Waals surface area contributed by atoms with Gasteiger partial charge in [0, 0.05) is 5.56 Å². The van der Waals surface area contributed by atoms with Gasteiger partial charge >= 0.3 is 0 Å². The SMILES string of the molecule is CCCCc1ccc(-c2ccc(C)c(F)c2F)cc1. The first kappa shape index (κ1) is 13.7. The molecule has 0 unspecified atom stereocenters. The van der Waals surface area contributed by atoms with Crippen molar-refractivity contribution in [3.05, 3.63) is 59.2 Å². The van der Waals surface area contributed by atoms with E-state index < -0.39 is 11.6 Å². The molecule has 0 aliphatic rings. The van der Waals surface area contributed by atoms with Crippen molar-refractivity contribution in [2.24, 2.45) is 0 Å². The van der Waals surface area contributed by atoms with Crippen molar-refractivity contribution >= 4 is 0 Å². The van der Waals surface area contributed by atoms with Gasteiger partial charge in [-0.25, -0.2) is 8.78 Å². The summed E-state index contributed by atoms with van der Waals surface area (Å²) in [6.45, 7) is 3.72. The molecule has 0 nitrogen and oxygen atoms in total. The van der Waals surface area contributed by atoms with E-state index >= 15 is 0 Å². The van der Waals surface area contributed by atoms with Crippen LogP contribution in [-0.2, 0) is 6.42 Å². The molecule has 0 heterocycles. The van der Waals surface area contributed by atoms with Gasteiger partial charge in [-0.05, 0) is 36.5 Å². The van der Waals surface area contributed by atoms with Crippen molar-refractivity contribution in [2.75, 3.05) is 0 Å². The normalized spacial score (nSPS) is 10.7. The summed E-state index contributed by atoms with van der Waals surface area (Å²) in [6.07, 6.45) is 3.33. The van der Waals surface area contributed by atoms with Crippen LogP contribution >= 0.6 is 0 Å². The molecule has 0 radical (unpaired) electrons. The molecule has 2 aromatic rings. The Labute approximate surface area is 113 Å². The van der Waals surface area contributed by atoms with Crippen LogP contribution in [0.4, 0.5) is 8.78 Å². The molecule has 0 aliphatic carbocycles. The van der Waals surface area contributed by atoms with Crippen molar-refractivity contribution in [2.45, 2.75) is 33.1 Å². The number of benzene rings is 2. The summed E-state index contributed by atoms with van der Waals surface area (Å²) in [4.78, 5) is 0. The molecular formula is C17H18F2. The van der Waals surface area contributed by atoms with Gasteiger partial charge in [-0.15, -0.1) is 0 Å². The first-order valence-corrected chi connectivity index (χ1v) is 6.67. The number of aryl methyl sites for hydroxylation is 2. The van der Waals surface area contributed by atoms with E-state index in [1.165, 1.54) is 5.56 Å². The van der Waals surface area contributed by atoms with Crippen molar-refractivity contribution in [1.29, 1.82) is 0 Å². The molecule has 0 bridgehead atoms. The summed E-state index contributed by atoms with van der Waals surface area (Å²) >= 11 is 0. The fourth-order valence-electron chi connectivity index (χ4n) is 2.10. The Kier molecular flexibility index (Phi) is 4.31. The molecule has 0 amide bonds. The number of hydrogen-bond donors (Lipinski definition) is 0. The van der Waals surface area contributed by atoms with E-state index in [9.17, 15) is 8.78 Å². The minimum Gasteiger partial charge on any atom is -0.203 e. The third-order valence-corrected chi connectivity index (χ3v) is 3.36. The zero-order valence-corrected chi connectivity index (χ0v) is 11.3. The van der Waals surface area contributed by atoms with Crippen LogP contribution in [0.2, 0.25) is 0 Å². The van der Waals surface area contributed by atoms with Crippen LogP contribution in [0.5, 0.6) is 0 Å². The standard InChI is InChI=1S/C17H18F2/c1-3-4-5-13-7-9-14(10-8-13)15-11-6-12(2)16(18)17(15)19/h6-11H,3-5H2,1-2H3. The predicted molar refractivity (Wildman–Crippen MR) is 75.1 cm³/mol. The van der Waals surface area contributed by atoms with E-state index in [1.54, 1.807) is 19.1 Å². The third-order valence-electron chi connectivity index (χ3n) is 3.36. The lowest BCUT2D eigenvalue weighted by molar-refractivity contribution is 0.505. The van der Waals surface area contributed by atoms with E-state index in [0.29, 0.717) is 11.1 Å². The largest absolute Gasteiger partial charge is 0.203 e. The molecule has 0 fully saturated rings. The number of halogens is 2. The molecule has 2 heteroatoms. The van der Waals surface area contributed by atoms with E-state index in [4.69, 9.17) is 0 Å². The third kappa shape index (κ3) is 3.01. The second-order valence-electron chi connectivity index (χ2n) is 4.86. The first-order valence-electron chi connectivity index (χ1n) is 6.67. The van der Waals surface area contributed by atoms with Crippen molar-refractivity contribution in [3.63, 3.8) is 0 Å². The Hall–Kier alpha value is -1.70. The minimum absolute atomic E-state index is 0.324. The van der Waals surface area contributed by atoms with Gasteiger partial charge in [-0.2, -0.15) is 0 Å². The molecule has 0 saturated carbocycles. The molecule has 0 aliphatic heterocycles. The minimum atomic E-state index is -0.763. The molecule has 0 N–H and O–H groups in total. The van der Waals surface area contributed by atoms with Crippen LogP contribution in [0.3, 0.4) is 0 Å². The second-order valence-corrected chi connectivity index (χ2v) is 4.86. The van der Waals surface area contributed by atoms with Crippen LogP contribution in [0.15, 0.2) is 36.4 Å². The smallest absolute Gasteiger partial charge is 0.166 e. The molecule has 2 rings (SSSR count). The Bertz CT molecular complexity index is 556. The zero-order chi connectivity index (χ0) is 13.8. The lowest BCUT2D eigenvalue weighted by atomic mass is 10.00. The summed E-state index contributed by atoms with van der Waals surface area (Å²) in [5.74, 6) is -1.52. The molecule has 2 aromatic carbocycles. The summed E-state index contributed by atoms with van der Waals surface area (Å²) in [5.41, 5.74) is 2.61. The van der Waals surface area contributed by atoms with Crippen molar-refractivity contribution in [1.82, 2.24) is 0 Å². The van der Waals surface area contributed by atoms with E-state index in [2.05, 4.69) is 6.92 Å². The Balaban J connectivity index is 2.30. The van der Waals surface area contributed by atoms with Gasteiger partial charge in [0.2, 0.25) is 0 Å². The van der Waals surface area contributed by atoms with Crippen molar-refractivity contribution in [3.8, 4) is 11.1 Å². The fourth-order valence-corrected chi connectivity index (χ4v) is 2.10. The van der Waals surface area contributed by atoms with Gasteiger partial charge in [0.25, 0.3) is 0 Å². The fraction of sp³-hybridized carbons (Fsp3) is 0.294. The Morgan fingerprint density at radius 3 is 2.21 bits per heavy atom. The zero-order valence-electron chi connectivity index (χ0n) is 11.3. The van der Waals surface area contributed by atoms with Crippen molar-refractivity contribution < 1.29 is 8.78 Å². The maximum absolute atomic E-state index is 13.9. The highest BCUT2D eigenvalue weighted by molar-refractivity contribution is 5.65. The van der Waals surface area contributed by atoms with E-state index in [0.717, 1.165) is 24.8 Å². The average Bonchev–Trinajstić information content (AvgIpc) is 2.44. The lowest BCUT2D eigenvalue weighted by Crippen LogP contribution is -1.93. The molecular weight excluding hydrogens is 242 g/mol. The van der Waals surface area contributed by atoms with Crippen LogP contribution in [0.25, 0.3) is 11.1 Å². The first-order chi connectivity index (χ1) is 9.13. The summed E-state index contributed by atoms with van der Waals surface area (Å²) < 4.78 is 27.4. The van der Waals surface area contributed by atoms with Gasteiger partial charge in [-0.1, -0.05) is 49.7 Å². The maximum Gasteiger partial charge on any atom is 0.166 e. The van der Waals surface area contributed by atoms with Gasteiger partial charge in [-0.3, -0.25) is 0 Å². The molecule has 0 atom stereocenters. The molecule has 0 spiro atoms. The van der Waals surface area contributed by atoms with Crippen LogP contribution in [0.1, 0.15) is 30.9 Å². The summed E-state index contributed by atoms with van der Waals surface area (Å²) in [7, 11) is 0. The molecule has 19 heavy (non-hydrogen) atoms. The number of unbranched alkanes of at least 4 members (excludes halogenated alkanes) is 1. The number of hydrogen-bond acceptors (Lipinski definition) is 0. The number of rotatable bonds is 4. The highest BCUT2D eigenvalue weighted by atomic mass is 19.2. The molecule has 0 aromatic heterocycles. The summed E-state index contributed by atoms with van der Waals surface area (Å²) in [6, 6.07) is 10.9. The highest BCUT2D eigenvalue weighted by Crippen LogP contribution is 2.26. The van der Waals surface area contributed by atoms with Gasteiger partial charge < -0.3 is 0 Å². The topological polar surface area (TPSA) is 0 Å². The monoisotopic (exact) mass is 260 g/mol. The highest BCUT2D eigenvalue weighted by Gasteiger charge is 2.12. The Morgan fingerprint density at radius 2 is 1.58 bits per heavy atom. The quantitative estimate of drug-likeness (QED) is 0.701. The van der Waals surface area contributed by atoms with Crippen LogP contribution < -0.4 is 0 Å². The average molecular weight is 260 g/mol. The van der Waals surface area contributed by atoms with E-state index in [1.807, 2.05) is 24.3 Å². The van der Waals surface area contributed by atoms with E-state index in [-0.39, 0.29) is 0 Å². The molecule has 100 valence electrons. The predicted octanol–water partition coefficient (Wildman–Crippen LogP) is 5.28. The summed E-state index contributed by atoms with van der Waals surface area (Å²) in [5, 5.41) is 0. The maximum atomic E-state index is 13.9. The Morgan fingerprint density at radius 1 is 0.895 bits per heavy atom. The van der Waals surface area contributed by atoms with Gasteiger partial charge in [0.15, 0.2) is 11.6 Å². The molecule has 0 saturated heterocycles.